The van der Waals surface area contributed by atoms with E-state index in [2.05, 4.69) is 35.0 Å². The highest BCUT2D eigenvalue weighted by Crippen LogP contribution is 2.46. The van der Waals surface area contributed by atoms with E-state index in [0.29, 0.717) is 11.8 Å². The molecule has 1 aliphatic rings. The van der Waals surface area contributed by atoms with Crippen LogP contribution in [0, 0.1) is 11.8 Å². The maximum Gasteiger partial charge on any atom is 0.308 e. The first-order chi connectivity index (χ1) is 9.06. The topological polar surface area (TPSA) is 35.5 Å². The molecule has 0 aliphatic heterocycles. The number of hydrogen-bond donors (Lipinski definition) is 0. The first kappa shape index (κ1) is 14.4. The Morgan fingerprint density at radius 3 is 2.79 bits per heavy atom. The van der Waals surface area contributed by atoms with Crippen molar-refractivity contribution in [3.05, 3.63) is 28.2 Å². The summed E-state index contributed by atoms with van der Waals surface area (Å²) in [5, 5.41) is 0. The zero-order valence-electron chi connectivity index (χ0n) is 11.5. The fourth-order valence-electron chi connectivity index (χ4n) is 2.53. The highest BCUT2D eigenvalue weighted by Gasteiger charge is 2.44. The number of benzene rings is 1. The van der Waals surface area contributed by atoms with Crippen LogP contribution in [0.5, 0.6) is 5.75 Å². The van der Waals surface area contributed by atoms with Gasteiger partial charge in [-0.05, 0) is 58.3 Å². The van der Waals surface area contributed by atoms with E-state index in [-0.39, 0.29) is 11.9 Å². The molecule has 3 nitrogen and oxygen atoms in total. The Hall–Kier alpha value is -1.03. The SMILES string of the molecule is COC(=O)C1CC1CC(C)c1ccc(OC)c(Br)c1. The summed E-state index contributed by atoms with van der Waals surface area (Å²) in [6.45, 7) is 2.20. The van der Waals surface area contributed by atoms with Gasteiger partial charge in [-0.25, -0.2) is 0 Å². The van der Waals surface area contributed by atoms with Gasteiger partial charge < -0.3 is 9.47 Å². The zero-order valence-corrected chi connectivity index (χ0v) is 13.1. The van der Waals surface area contributed by atoms with Crippen LogP contribution in [0.4, 0.5) is 0 Å². The lowest BCUT2D eigenvalue weighted by Gasteiger charge is -2.13. The molecule has 0 radical (unpaired) electrons. The van der Waals surface area contributed by atoms with Crippen molar-refractivity contribution in [3.63, 3.8) is 0 Å². The average Bonchev–Trinajstić information content (AvgIpc) is 3.16. The molecule has 104 valence electrons. The largest absolute Gasteiger partial charge is 0.496 e. The van der Waals surface area contributed by atoms with Crippen molar-refractivity contribution < 1.29 is 14.3 Å². The van der Waals surface area contributed by atoms with E-state index in [4.69, 9.17) is 9.47 Å². The van der Waals surface area contributed by atoms with Crippen LogP contribution in [0.15, 0.2) is 22.7 Å². The molecule has 0 saturated heterocycles. The van der Waals surface area contributed by atoms with Gasteiger partial charge in [-0.15, -0.1) is 0 Å². The van der Waals surface area contributed by atoms with Crippen LogP contribution in [0.2, 0.25) is 0 Å². The fraction of sp³-hybridized carbons (Fsp3) is 0.533. The van der Waals surface area contributed by atoms with Crippen LogP contribution < -0.4 is 4.74 Å². The first-order valence-corrected chi connectivity index (χ1v) is 7.27. The Morgan fingerprint density at radius 1 is 1.47 bits per heavy atom. The van der Waals surface area contributed by atoms with Gasteiger partial charge in [0.1, 0.15) is 5.75 Å². The summed E-state index contributed by atoms with van der Waals surface area (Å²) in [4.78, 5) is 11.4. The quantitative estimate of drug-likeness (QED) is 0.773. The number of methoxy groups -OCH3 is 2. The lowest BCUT2D eigenvalue weighted by molar-refractivity contribution is -0.142. The summed E-state index contributed by atoms with van der Waals surface area (Å²) in [7, 11) is 3.12. The highest BCUT2D eigenvalue weighted by molar-refractivity contribution is 9.10. The summed E-state index contributed by atoms with van der Waals surface area (Å²) < 4.78 is 11.0. The number of halogens is 1. The minimum atomic E-state index is -0.0619. The van der Waals surface area contributed by atoms with Gasteiger partial charge >= 0.3 is 5.97 Å². The summed E-state index contributed by atoms with van der Waals surface area (Å²) in [5.74, 6) is 1.81. The number of hydrogen-bond acceptors (Lipinski definition) is 3. The van der Waals surface area contributed by atoms with Crippen LogP contribution in [-0.2, 0) is 9.53 Å². The van der Waals surface area contributed by atoms with E-state index in [1.807, 2.05) is 6.07 Å². The second-order valence-electron chi connectivity index (χ2n) is 5.16. The molecule has 1 fully saturated rings. The lowest BCUT2D eigenvalue weighted by atomic mass is 9.95. The normalized spacial score (nSPS) is 22.7. The summed E-state index contributed by atoms with van der Waals surface area (Å²) in [6, 6.07) is 6.16. The van der Waals surface area contributed by atoms with Gasteiger partial charge in [0.15, 0.2) is 0 Å². The first-order valence-electron chi connectivity index (χ1n) is 6.48. The van der Waals surface area contributed by atoms with Crippen molar-refractivity contribution in [2.75, 3.05) is 14.2 Å². The molecule has 1 aromatic carbocycles. The molecule has 1 aliphatic carbocycles. The van der Waals surface area contributed by atoms with Crippen LogP contribution in [0.3, 0.4) is 0 Å². The smallest absolute Gasteiger partial charge is 0.308 e. The molecule has 0 amide bonds. The minimum absolute atomic E-state index is 0.0619. The zero-order chi connectivity index (χ0) is 14.0. The molecule has 0 spiro atoms. The van der Waals surface area contributed by atoms with E-state index in [1.165, 1.54) is 12.7 Å². The Labute approximate surface area is 122 Å². The third-order valence-corrected chi connectivity index (χ3v) is 4.45. The van der Waals surface area contributed by atoms with Gasteiger partial charge in [0, 0.05) is 0 Å². The van der Waals surface area contributed by atoms with E-state index in [1.54, 1.807) is 7.11 Å². The molecule has 3 atom stereocenters. The Kier molecular flexibility index (Phi) is 4.50. The Morgan fingerprint density at radius 2 is 2.21 bits per heavy atom. The number of carbonyl (C=O) groups is 1. The second kappa shape index (κ2) is 5.95. The number of carbonyl (C=O) groups excluding carboxylic acids is 1. The molecule has 2 rings (SSSR count). The van der Waals surface area contributed by atoms with Gasteiger partial charge in [-0.3, -0.25) is 4.79 Å². The van der Waals surface area contributed by atoms with Crippen LogP contribution in [0.25, 0.3) is 0 Å². The minimum Gasteiger partial charge on any atom is -0.496 e. The molecule has 0 aromatic heterocycles. The van der Waals surface area contributed by atoms with Gasteiger partial charge in [0.2, 0.25) is 0 Å². The van der Waals surface area contributed by atoms with Gasteiger partial charge in [-0.2, -0.15) is 0 Å². The van der Waals surface area contributed by atoms with Crippen molar-refractivity contribution in [1.29, 1.82) is 0 Å². The Bertz CT molecular complexity index is 472. The predicted octanol–water partition coefficient (Wildman–Crippen LogP) is 3.76. The molecular formula is C15H19BrO3. The maximum absolute atomic E-state index is 11.4. The average molecular weight is 327 g/mol. The molecular weight excluding hydrogens is 308 g/mol. The second-order valence-corrected chi connectivity index (χ2v) is 6.01. The summed E-state index contributed by atoms with van der Waals surface area (Å²) in [6.07, 6.45) is 1.99. The monoisotopic (exact) mass is 326 g/mol. The summed E-state index contributed by atoms with van der Waals surface area (Å²) in [5.41, 5.74) is 1.27. The molecule has 3 unspecified atom stereocenters. The molecule has 4 heteroatoms. The fourth-order valence-corrected chi connectivity index (χ4v) is 3.09. The third kappa shape index (κ3) is 3.30. The van der Waals surface area contributed by atoms with Crippen LogP contribution in [0.1, 0.15) is 31.2 Å². The van der Waals surface area contributed by atoms with Crippen LogP contribution >= 0.6 is 15.9 Å². The molecule has 0 N–H and O–H groups in total. The van der Waals surface area contributed by atoms with E-state index >= 15 is 0 Å². The summed E-state index contributed by atoms with van der Waals surface area (Å²) >= 11 is 3.50. The maximum atomic E-state index is 11.4. The number of rotatable bonds is 5. The third-order valence-electron chi connectivity index (χ3n) is 3.83. The lowest BCUT2D eigenvalue weighted by Crippen LogP contribution is -2.05. The molecule has 0 bridgehead atoms. The van der Waals surface area contributed by atoms with Crippen molar-refractivity contribution in [2.24, 2.45) is 11.8 Å². The van der Waals surface area contributed by atoms with Gasteiger partial charge in [0.25, 0.3) is 0 Å². The van der Waals surface area contributed by atoms with Gasteiger partial charge in [0.05, 0.1) is 24.6 Å². The number of esters is 1. The molecule has 19 heavy (non-hydrogen) atoms. The van der Waals surface area contributed by atoms with Crippen LogP contribution in [-0.4, -0.2) is 20.2 Å². The van der Waals surface area contributed by atoms with Crippen molar-refractivity contribution in [2.45, 2.75) is 25.7 Å². The predicted molar refractivity (Wildman–Crippen MR) is 77.3 cm³/mol. The van der Waals surface area contributed by atoms with E-state index < -0.39 is 0 Å². The molecule has 1 saturated carbocycles. The van der Waals surface area contributed by atoms with E-state index in [0.717, 1.165) is 23.1 Å². The van der Waals surface area contributed by atoms with E-state index in [9.17, 15) is 4.79 Å². The van der Waals surface area contributed by atoms with Crippen molar-refractivity contribution >= 4 is 21.9 Å². The molecule has 0 heterocycles. The molecule has 1 aromatic rings. The van der Waals surface area contributed by atoms with Crippen molar-refractivity contribution in [1.82, 2.24) is 0 Å². The van der Waals surface area contributed by atoms with Crippen molar-refractivity contribution in [3.8, 4) is 5.75 Å². The number of ether oxygens (including phenoxy) is 2. The standard InChI is InChI=1S/C15H19BrO3/c1-9(6-11-7-12(11)15(17)19-3)10-4-5-14(18-2)13(16)8-10/h4-5,8-9,11-12H,6-7H2,1-3H3. The Balaban J connectivity index is 1.96. The van der Waals surface area contributed by atoms with Gasteiger partial charge in [-0.1, -0.05) is 13.0 Å². The highest BCUT2D eigenvalue weighted by atomic mass is 79.9.